The fourth-order valence-corrected chi connectivity index (χ4v) is 2.60. The van der Waals surface area contributed by atoms with E-state index in [1.54, 1.807) is 30.3 Å². The number of para-hydroxylation sites is 1. The van der Waals surface area contributed by atoms with Gasteiger partial charge in [0.1, 0.15) is 0 Å². The van der Waals surface area contributed by atoms with Crippen LogP contribution in [0, 0.1) is 0 Å². The standard InChI is InChI=1S/C12H12BNO4S/c15-13(16)10-6-8-12(9-7-10)19(17,18)14-11-4-2-1-3-5-11/h1-9,14-16H. The molecule has 19 heavy (non-hydrogen) atoms. The van der Waals surface area contributed by atoms with E-state index in [9.17, 15) is 8.42 Å². The summed E-state index contributed by atoms with van der Waals surface area (Å²) in [5.41, 5.74) is 0.701. The Morgan fingerprint density at radius 3 is 2.00 bits per heavy atom. The molecule has 0 amide bonds. The van der Waals surface area contributed by atoms with Gasteiger partial charge in [0.15, 0.2) is 0 Å². The molecular formula is C12H12BNO4S. The Morgan fingerprint density at radius 1 is 0.895 bits per heavy atom. The van der Waals surface area contributed by atoms with Gasteiger partial charge in [0.25, 0.3) is 10.0 Å². The molecular weight excluding hydrogens is 265 g/mol. The van der Waals surface area contributed by atoms with Crippen LogP contribution < -0.4 is 10.2 Å². The van der Waals surface area contributed by atoms with E-state index in [1.165, 1.54) is 24.3 Å². The van der Waals surface area contributed by atoms with Gasteiger partial charge in [-0.1, -0.05) is 30.3 Å². The highest BCUT2D eigenvalue weighted by molar-refractivity contribution is 7.92. The molecule has 0 saturated heterocycles. The third-order valence-electron chi connectivity index (χ3n) is 2.51. The lowest BCUT2D eigenvalue weighted by molar-refractivity contribution is 0.425. The molecule has 2 rings (SSSR count). The van der Waals surface area contributed by atoms with Gasteiger partial charge in [-0.25, -0.2) is 8.42 Å². The van der Waals surface area contributed by atoms with E-state index in [0.29, 0.717) is 5.69 Å². The number of hydrogen-bond donors (Lipinski definition) is 3. The number of benzene rings is 2. The third-order valence-corrected chi connectivity index (χ3v) is 3.91. The smallest absolute Gasteiger partial charge is 0.423 e. The van der Waals surface area contributed by atoms with Gasteiger partial charge >= 0.3 is 7.12 Å². The highest BCUT2D eigenvalue weighted by atomic mass is 32.2. The van der Waals surface area contributed by atoms with Crippen LogP contribution >= 0.6 is 0 Å². The Balaban J connectivity index is 2.25. The van der Waals surface area contributed by atoms with Crippen molar-refractivity contribution in [2.75, 3.05) is 4.72 Å². The summed E-state index contributed by atoms with van der Waals surface area (Å²) >= 11 is 0. The Morgan fingerprint density at radius 2 is 1.47 bits per heavy atom. The molecule has 0 aliphatic carbocycles. The summed E-state index contributed by atoms with van der Waals surface area (Å²) in [7, 11) is -5.28. The maximum Gasteiger partial charge on any atom is 0.488 e. The molecule has 2 aromatic carbocycles. The summed E-state index contributed by atoms with van der Waals surface area (Å²) < 4.78 is 26.5. The van der Waals surface area contributed by atoms with E-state index < -0.39 is 17.1 Å². The van der Waals surface area contributed by atoms with E-state index in [4.69, 9.17) is 10.0 Å². The Hall–Kier alpha value is -1.83. The molecule has 0 bridgehead atoms. The summed E-state index contributed by atoms with van der Waals surface area (Å²) in [6, 6.07) is 13.9. The molecule has 0 unspecified atom stereocenters. The molecule has 0 radical (unpaired) electrons. The summed E-state index contributed by atoms with van der Waals surface area (Å²) in [6.45, 7) is 0. The largest absolute Gasteiger partial charge is 0.488 e. The Labute approximate surface area is 111 Å². The van der Waals surface area contributed by atoms with E-state index in [-0.39, 0.29) is 10.4 Å². The Kier molecular flexibility index (Phi) is 3.89. The van der Waals surface area contributed by atoms with Gasteiger partial charge in [0.05, 0.1) is 4.90 Å². The number of anilines is 1. The highest BCUT2D eigenvalue weighted by Gasteiger charge is 2.16. The normalized spacial score (nSPS) is 11.1. The van der Waals surface area contributed by atoms with Crippen LogP contribution in [0.1, 0.15) is 0 Å². The van der Waals surface area contributed by atoms with Crippen LogP contribution in [0.25, 0.3) is 0 Å². The van der Waals surface area contributed by atoms with Crippen molar-refractivity contribution < 1.29 is 18.5 Å². The van der Waals surface area contributed by atoms with Crippen molar-refractivity contribution in [2.45, 2.75) is 4.90 Å². The predicted octanol–water partition coefficient (Wildman–Crippen LogP) is 0.167. The highest BCUT2D eigenvalue weighted by Crippen LogP contribution is 2.14. The topological polar surface area (TPSA) is 86.6 Å². The second-order valence-electron chi connectivity index (χ2n) is 3.91. The van der Waals surface area contributed by atoms with Crippen molar-refractivity contribution in [3.63, 3.8) is 0 Å². The number of hydrogen-bond acceptors (Lipinski definition) is 4. The van der Waals surface area contributed by atoms with Crippen LogP contribution in [-0.2, 0) is 10.0 Å². The molecule has 0 spiro atoms. The molecule has 0 heterocycles. The van der Waals surface area contributed by atoms with Gasteiger partial charge in [-0.2, -0.15) is 0 Å². The van der Waals surface area contributed by atoms with Crippen molar-refractivity contribution in [3.8, 4) is 0 Å². The molecule has 0 aliphatic rings. The first kappa shape index (κ1) is 13.6. The molecule has 0 aliphatic heterocycles. The summed E-state index contributed by atoms with van der Waals surface area (Å²) in [5, 5.41) is 17.9. The number of rotatable bonds is 4. The van der Waals surface area contributed by atoms with E-state index >= 15 is 0 Å². The lowest BCUT2D eigenvalue weighted by Crippen LogP contribution is -2.29. The molecule has 0 saturated carbocycles. The molecule has 5 nitrogen and oxygen atoms in total. The second kappa shape index (κ2) is 5.44. The SMILES string of the molecule is O=S(=O)(Nc1ccccc1)c1ccc(B(O)O)cc1. The third kappa shape index (κ3) is 3.34. The van der Waals surface area contributed by atoms with Crippen molar-refractivity contribution in [3.05, 3.63) is 54.6 Å². The van der Waals surface area contributed by atoms with E-state index in [0.717, 1.165) is 0 Å². The fraction of sp³-hybridized carbons (Fsp3) is 0. The van der Waals surface area contributed by atoms with Crippen LogP contribution in [0.3, 0.4) is 0 Å². The zero-order chi connectivity index (χ0) is 13.9. The van der Waals surface area contributed by atoms with Crippen molar-refractivity contribution in [1.82, 2.24) is 0 Å². The second-order valence-corrected chi connectivity index (χ2v) is 5.60. The first-order chi connectivity index (χ1) is 8.99. The Bertz CT molecular complexity index is 641. The average molecular weight is 277 g/mol. The number of sulfonamides is 1. The summed E-state index contributed by atoms with van der Waals surface area (Å²) in [5.74, 6) is 0. The fourth-order valence-electron chi connectivity index (χ4n) is 1.54. The molecule has 3 N–H and O–H groups in total. The van der Waals surface area contributed by atoms with Crippen LogP contribution in [0.2, 0.25) is 0 Å². The summed E-state index contributed by atoms with van der Waals surface area (Å²) in [6.07, 6.45) is 0. The maximum atomic E-state index is 12.0. The average Bonchev–Trinajstić information content (AvgIpc) is 2.39. The van der Waals surface area contributed by atoms with Crippen LogP contribution in [0.5, 0.6) is 0 Å². The van der Waals surface area contributed by atoms with Gasteiger partial charge in [0.2, 0.25) is 0 Å². The van der Waals surface area contributed by atoms with E-state index in [1.807, 2.05) is 0 Å². The lowest BCUT2D eigenvalue weighted by Gasteiger charge is -2.08. The molecule has 0 atom stereocenters. The zero-order valence-corrected chi connectivity index (χ0v) is 10.7. The quantitative estimate of drug-likeness (QED) is 0.695. The minimum Gasteiger partial charge on any atom is -0.423 e. The zero-order valence-electron chi connectivity index (χ0n) is 9.89. The van der Waals surface area contributed by atoms with Gasteiger partial charge in [-0.05, 0) is 29.7 Å². The minimum absolute atomic E-state index is 0.0563. The molecule has 98 valence electrons. The molecule has 0 fully saturated rings. The predicted molar refractivity (Wildman–Crippen MR) is 73.5 cm³/mol. The van der Waals surface area contributed by atoms with Gasteiger partial charge in [0, 0.05) is 5.69 Å². The summed E-state index contributed by atoms with van der Waals surface area (Å²) in [4.78, 5) is 0.0563. The molecule has 2 aromatic rings. The van der Waals surface area contributed by atoms with Crippen molar-refractivity contribution >= 4 is 28.3 Å². The van der Waals surface area contributed by atoms with Crippen LogP contribution in [-0.4, -0.2) is 25.6 Å². The van der Waals surface area contributed by atoms with Gasteiger partial charge in [-0.15, -0.1) is 0 Å². The lowest BCUT2D eigenvalue weighted by atomic mass is 9.81. The number of nitrogens with one attached hydrogen (secondary N) is 1. The molecule has 7 heteroatoms. The maximum absolute atomic E-state index is 12.0. The van der Waals surface area contributed by atoms with Crippen molar-refractivity contribution in [2.24, 2.45) is 0 Å². The van der Waals surface area contributed by atoms with Crippen LogP contribution in [0.15, 0.2) is 59.5 Å². The van der Waals surface area contributed by atoms with Crippen LogP contribution in [0.4, 0.5) is 5.69 Å². The first-order valence-electron chi connectivity index (χ1n) is 5.53. The van der Waals surface area contributed by atoms with Crippen molar-refractivity contribution in [1.29, 1.82) is 0 Å². The minimum atomic E-state index is -3.67. The molecule has 0 aromatic heterocycles. The van der Waals surface area contributed by atoms with E-state index in [2.05, 4.69) is 4.72 Å². The first-order valence-corrected chi connectivity index (χ1v) is 7.01. The van der Waals surface area contributed by atoms with Gasteiger partial charge < -0.3 is 10.0 Å². The van der Waals surface area contributed by atoms with Gasteiger partial charge in [-0.3, -0.25) is 4.72 Å². The monoisotopic (exact) mass is 277 g/mol.